The van der Waals surface area contributed by atoms with Crippen LogP contribution < -0.4 is 5.73 Å². The summed E-state index contributed by atoms with van der Waals surface area (Å²) in [6.45, 7) is 8.99. The Balaban J connectivity index is 2.68. The molecule has 3 nitrogen and oxygen atoms in total. The van der Waals surface area contributed by atoms with Crippen LogP contribution in [0.2, 0.25) is 0 Å². The third kappa shape index (κ3) is 3.76. The molecule has 2 N–H and O–H groups in total. The SMILES string of the molecule is Cc1nc(CSCC(C)C)nc(C)c1CN. The molecule has 0 amide bonds. The number of hydrogen-bond acceptors (Lipinski definition) is 4. The van der Waals surface area contributed by atoms with Gasteiger partial charge in [-0.2, -0.15) is 11.8 Å². The second kappa shape index (κ2) is 6.21. The van der Waals surface area contributed by atoms with Gasteiger partial charge < -0.3 is 5.73 Å². The molecule has 0 aliphatic heterocycles. The molecule has 0 aromatic carbocycles. The highest BCUT2D eigenvalue weighted by Gasteiger charge is 2.07. The average Bonchev–Trinajstić information content (AvgIpc) is 2.16. The summed E-state index contributed by atoms with van der Waals surface area (Å²) in [5, 5.41) is 0. The lowest BCUT2D eigenvalue weighted by molar-refractivity contribution is 0.749. The van der Waals surface area contributed by atoms with Gasteiger partial charge in [0.15, 0.2) is 0 Å². The van der Waals surface area contributed by atoms with Gasteiger partial charge in [-0.15, -0.1) is 0 Å². The first-order chi connectivity index (χ1) is 7.54. The molecule has 16 heavy (non-hydrogen) atoms. The van der Waals surface area contributed by atoms with E-state index in [4.69, 9.17) is 5.73 Å². The Morgan fingerprint density at radius 1 is 1.19 bits per heavy atom. The zero-order valence-corrected chi connectivity index (χ0v) is 11.4. The molecule has 0 spiro atoms. The maximum Gasteiger partial charge on any atom is 0.138 e. The van der Waals surface area contributed by atoms with E-state index < -0.39 is 0 Å². The van der Waals surface area contributed by atoms with Gasteiger partial charge in [-0.1, -0.05) is 13.8 Å². The van der Waals surface area contributed by atoms with Crippen LogP contribution >= 0.6 is 11.8 Å². The molecule has 1 aromatic rings. The standard InChI is InChI=1S/C12H21N3S/c1-8(2)6-16-7-12-14-9(3)11(5-13)10(4)15-12/h8H,5-7,13H2,1-4H3. The monoisotopic (exact) mass is 239 g/mol. The molecule has 0 aliphatic rings. The Morgan fingerprint density at radius 2 is 1.75 bits per heavy atom. The van der Waals surface area contributed by atoms with Crippen LogP contribution in [0.5, 0.6) is 0 Å². The largest absolute Gasteiger partial charge is 0.326 e. The van der Waals surface area contributed by atoms with Gasteiger partial charge in [-0.25, -0.2) is 9.97 Å². The van der Waals surface area contributed by atoms with Gasteiger partial charge in [0, 0.05) is 23.5 Å². The highest BCUT2D eigenvalue weighted by Crippen LogP contribution is 2.15. The first-order valence-electron chi connectivity index (χ1n) is 5.65. The second-order valence-electron chi connectivity index (χ2n) is 4.40. The fourth-order valence-electron chi connectivity index (χ4n) is 1.55. The fourth-order valence-corrected chi connectivity index (χ4v) is 2.46. The summed E-state index contributed by atoms with van der Waals surface area (Å²) in [5.74, 6) is 3.69. The summed E-state index contributed by atoms with van der Waals surface area (Å²) in [7, 11) is 0. The zero-order chi connectivity index (χ0) is 12.1. The molecule has 0 fully saturated rings. The summed E-state index contributed by atoms with van der Waals surface area (Å²) >= 11 is 1.89. The first-order valence-corrected chi connectivity index (χ1v) is 6.80. The Bertz CT molecular complexity index is 327. The van der Waals surface area contributed by atoms with Crippen LogP contribution in [0.4, 0.5) is 0 Å². The highest BCUT2D eigenvalue weighted by molar-refractivity contribution is 7.98. The third-order valence-corrected chi connectivity index (χ3v) is 3.72. The minimum Gasteiger partial charge on any atom is -0.326 e. The summed E-state index contributed by atoms with van der Waals surface area (Å²) in [6, 6.07) is 0. The maximum absolute atomic E-state index is 5.66. The predicted molar refractivity (Wildman–Crippen MR) is 70.4 cm³/mol. The van der Waals surface area contributed by atoms with E-state index in [0.29, 0.717) is 6.54 Å². The van der Waals surface area contributed by atoms with Gasteiger partial charge in [-0.05, 0) is 25.5 Å². The van der Waals surface area contributed by atoms with Gasteiger partial charge in [0.25, 0.3) is 0 Å². The lowest BCUT2D eigenvalue weighted by Gasteiger charge is -2.09. The maximum atomic E-state index is 5.66. The van der Waals surface area contributed by atoms with Crippen molar-refractivity contribution in [1.29, 1.82) is 0 Å². The predicted octanol–water partition coefficient (Wildman–Crippen LogP) is 2.44. The molecule has 0 atom stereocenters. The molecule has 1 aromatic heterocycles. The van der Waals surface area contributed by atoms with Crippen molar-refractivity contribution >= 4 is 11.8 Å². The lowest BCUT2D eigenvalue weighted by atomic mass is 10.2. The molecule has 0 aliphatic carbocycles. The van der Waals surface area contributed by atoms with Crippen molar-refractivity contribution in [3.63, 3.8) is 0 Å². The molecule has 1 heterocycles. The van der Waals surface area contributed by atoms with Gasteiger partial charge in [0.1, 0.15) is 5.82 Å². The molecule has 0 radical (unpaired) electrons. The lowest BCUT2D eigenvalue weighted by Crippen LogP contribution is -2.08. The van der Waals surface area contributed by atoms with Crippen molar-refractivity contribution in [2.45, 2.75) is 40.0 Å². The minimum absolute atomic E-state index is 0.525. The average molecular weight is 239 g/mol. The van der Waals surface area contributed by atoms with Crippen molar-refractivity contribution in [3.05, 3.63) is 22.8 Å². The summed E-state index contributed by atoms with van der Waals surface area (Å²) in [4.78, 5) is 8.98. The van der Waals surface area contributed by atoms with Crippen molar-refractivity contribution in [2.24, 2.45) is 11.7 Å². The van der Waals surface area contributed by atoms with E-state index in [0.717, 1.165) is 40.2 Å². The normalized spacial score (nSPS) is 11.1. The van der Waals surface area contributed by atoms with Gasteiger partial charge >= 0.3 is 0 Å². The number of nitrogens with two attached hydrogens (primary N) is 1. The molecular weight excluding hydrogens is 218 g/mol. The van der Waals surface area contributed by atoms with E-state index in [1.54, 1.807) is 0 Å². The summed E-state index contributed by atoms with van der Waals surface area (Å²) in [6.07, 6.45) is 0. The molecule has 90 valence electrons. The van der Waals surface area contributed by atoms with E-state index in [2.05, 4.69) is 23.8 Å². The van der Waals surface area contributed by atoms with Crippen molar-refractivity contribution in [3.8, 4) is 0 Å². The quantitative estimate of drug-likeness (QED) is 0.857. The Hall–Kier alpha value is -0.610. The zero-order valence-electron chi connectivity index (χ0n) is 10.6. The summed E-state index contributed by atoms with van der Waals surface area (Å²) < 4.78 is 0. The van der Waals surface area contributed by atoms with Crippen LogP contribution in [0.1, 0.15) is 36.6 Å². The van der Waals surface area contributed by atoms with Crippen LogP contribution in [0.3, 0.4) is 0 Å². The molecule has 0 saturated carbocycles. The molecule has 0 unspecified atom stereocenters. The van der Waals surface area contributed by atoms with Gasteiger partial charge in [0.2, 0.25) is 0 Å². The van der Waals surface area contributed by atoms with Crippen LogP contribution in [0.25, 0.3) is 0 Å². The number of aromatic nitrogens is 2. The highest BCUT2D eigenvalue weighted by atomic mass is 32.2. The minimum atomic E-state index is 0.525. The molecule has 0 bridgehead atoms. The second-order valence-corrected chi connectivity index (χ2v) is 5.43. The third-order valence-electron chi connectivity index (χ3n) is 2.35. The van der Waals surface area contributed by atoms with E-state index in [-0.39, 0.29) is 0 Å². The van der Waals surface area contributed by atoms with Crippen molar-refractivity contribution in [1.82, 2.24) is 9.97 Å². The Kier molecular flexibility index (Phi) is 5.22. The van der Waals surface area contributed by atoms with Crippen LogP contribution in [0, 0.1) is 19.8 Å². The smallest absolute Gasteiger partial charge is 0.138 e. The van der Waals surface area contributed by atoms with Crippen LogP contribution in [0.15, 0.2) is 0 Å². The van der Waals surface area contributed by atoms with Gasteiger partial charge in [0.05, 0.1) is 5.75 Å². The van der Waals surface area contributed by atoms with E-state index >= 15 is 0 Å². The summed E-state index contributed by atoms with van der Waals surface area (Å²) in [5.41, 5.74) is 8.78. The first kappa shape index (κ1) is 13.5. The number of nitrogens with zero attached hydrogens (tertiary/aromatic N) is 2. The molecule has 4 heteroatoms. The number of rotatable bonds is 5. The van der Waals surface area contributed by atoms with Crippen LogP contribution in [-0.4, -0.2) is 15.7 Å². The number of aryl methyl sites for hydroxylation is 2. The Labute approximate surface area is 102 Å². The van der Waals surface area contributed by atoms with Crippen molar-refractivity contribution in [2.75, 3.05) is 5.75 Å². The van der Waals surface area contributed by atoms with Gasteiger partial charge in [-0.3, -0.25) is 0 Å². The molecular formula is C12H21N3S. The number of hydrogen-bond donors (Lipinski definition) is 1. The topological polar surface area (TPSA) is 51.8 Å². The fraction of sp³-hybridized carbons (Fsp3) is 0.667. The molecule has 0 saturated heterocycles. The van der Waals surface area contributed by atoms with E-state index in [1.807, 2.05) is 25.6 Å². The van der Waals surface area contributed by atoms with E-state index in [1.165, 1.54) is 0 Å². The van der Waals surface area contributed by atoms with E-state index in [9.17, 15) is 0 Å². The molecule has 1 rings (SSSR count). The number of thioether (sulfide) groups is 1. The Morgan fingerprint density at radius 3 is 2.19 bits per heavy atom. The van der Waals surface area contributed by atoms with Crippen molar-refractivity contribution < 1.29 is 0 Å². The van der Waals surface area contributed by atoms with Crippen LogP contribution in [-0.2, 0) is 12.3 Å².